The van der Waals surface area contributed by atoms with E-state index >= 15 is 0 Å². The van der Waals surface area contributed by atoms with Gasteiger partial charge < -0.3 is 20.5 Å². The van der Waals surface area contributed by atoms with Crippen LogP contribution < -0.4 is 20.5 Å². The molecule has 0 aliphatic carbocycles. The fourth-order valence-electron chi connectivity index (χ4n) is 2.94. The smallest absolute Gasteiger partial charge is 0.421 e. The molecule has 0 bridgehead atoms. The van der Waals surface area contributed by atoms with Crippen LogP contribution in [0.2, 0.25) is 0 Å². The molecule has 3 N–H and O–H groups in total. The highest BCUT2D eigenvalue weighted by molar-refractivity contribution is 5.71. The molecule has 2 heterocycles. The zero-order valence-electron chi connectivity index (χ0n) is 17.2. The molecule has 0 spiro atoms. The summed E-state index contributed by atoms with van der Waals surface area (Å²) < 4.78 is 51.2. The van der Waals surface area contributed by atoms with Crippen molar-refractivity contribution in [1.29, 1.82) is 0 Å². The molecule has 1 atom stereocenters. The first kappa shape index (κ1) is 23.4. The molecule has 0 radical (unpaired) electrons. The van der Waals surface area contributed by atoms with Crippen molar-refractivity contribution in [2.45, 2.75) is 38.9 Å². The molecule has 0 saturated carbocycles. The van der Waals surface area contributed by atoms with Crippen LogP contribution in [-0.2, 0) is 6.18 Å². The average molecular weight is 426 g/mol. The number of nitrogens with one attached hydrogen (secondary N) is 1. The molecule has 2 aromatic rings. The number of nitrogens with zero attached hydrogens (tertiary/aromatic N) is 2. The van der Waals surface area contributed by atoms with E-state index in [2.05, 4.69) is 15.3 Å². The number of carbonyl (C=O) groups is 1. The molecule has 0 aliphatic heterocycles. The highest BCUT2D eigenvalue weighted by atomic mass is 19.4. The molecule has 2 aromatic heterocycles. The molecule has 2 rings (SSSR count). The van der Waals surface area contributed by atoms with Gasteiger partial charge in [-0.3, -0.25) is 0 Å². The normalized spacial score (nSPS) is 13.6. The monoisotopic (exact) mass is 426 g/mol. The zero-order chi connectivity index (χ0) is 22.5. The van der Waals surface area contributed by atoms with Gasteiger partial charge in [0.25, 0.3) is 0 Å². The van der Waals surface area contributed by atoms with Crippen LogP contribution in [-0.4, -0.2) is 35.3 Å². The van der Waals surface area contributed by atoms with Crippen molar-refractivity contribution in [3.05, 3.63) is 36.2 Å². The molecule has 30 heavy (non-hydrogen) atoms. The van der Waals surface area contributed by atoms with Crippen molar-refractivity contribution in [3.8, 4) is 22.9 Å². The Morgan fingerprint density at radius 1 is 1.23 bits per heavy atom. The second-order valence-electron chi connectivity index (χ2n) is 7.64. The zero-order valence-corrected chi connectivity index (χ0v) is 17.2. The average Bonchev–Trinajstić information content (AvgIpc) is 2.64. The maximum absolute atomic E-state index is 13.6. The number of ether oxygens (including phenoxy) is 2. The third-order valence-corrected chi connectivity index (χ3v) is 4.04. The van der Waals surface area contributed by atoms with Gasteiger partial charge in [0.05, 0.1) is 0 Å². The summed E-state index contributed by atoms with van der Waals surface area (Å²) in [5, 5.41) is 2.26. The summed E-state index contributed by atoms with van der Waals surface area (Å²) in [6.45, 7) is 5.55. The largest absolute Gasteiger partial charge is 0.475 e. The van der Waals surface area contributed by atoms with E-state index in [1.807, 2.05) is 13.8 Å². The van der Waals surface area contributed by atoms with Crippen LogP contribution in [0.3, 0.4) is 0 Å². The number of halogens is 3. The van der Waals surface area contributed by atoms with Crippen LogP contribution in [0.15, 0.2) is 30.6 Å². The van der Waals surface area contributed by atoms with Gasteiger partial charge in [-0.25, -0.2) is 14.8 Å². The minimum Gasteiger partial charge on any atom is -0.475 e. The van der Waals surface area contributed by atoms with E-state index in [0.29, 0.717) is 12.0 Å². The number of aromatic nitrogens is 2. The van der Waals surface area contributed by atoms with Crippen molar-refractivity contribution in [2.24, 2.45) is 11.7 Å². The molecule has 1 amide bonds. The van der Waals surface area contributed by atoms with Gasteiger partial charge in [-0.05, 0) is 37.0 Å². The Balaban J connectivity index is 2.33. The van der Waals surface area contributed by atoms with Crippen LogP contribution in [0.5, 0.6) is 11.8 Å². The molecule has 0 saturated heterocycles. The van der Waals surface area contributed by atoms with E-state index in [1.54, 1.807) is 6.92 Å². The highest BCUT2D eigenvalue weighted by Crippen LogP contribution is 2.38. The van der Waals surface area contributed by atoms with E-state index in [-0.39, 0.29) is 24.0 Å². The lowest BCUT2D eigenvalue weighted by molar-refractivity contribution is -0.139. The Labute approximate surface area is 172 Å². The molecule has 0 unspecified atom stereocenters. The molecule has 0 aromatic carbocycles. The van der Waals surface area contributed by atoms with E-state index in [0.717, 1.165) is 6.07 Å². The number of hydrogen-bond acceptors (Lipinski definition) is 6. The van der Waals surface area contributed by atoms with Crippen molar-refractivity contribution in [2.75, 3.05) is 13.7 Å². The van der Waals surface area contributed by atoms with Gasteiger partial charge in [0.1, 0.15) is 12.2 Å². The summed E-state index contributed by atoms with van der Waals surface area (Å²) in [6, 6.07) is 3.75. The number of hydrogen-bond donors (Lipinski definition) is 2. The Bertz CT molecular complexity index is 886. The van der Waals surface area contributed by atoms with Crippen LogP contribution in [0.4, 0.5) is 18.0 Å². The summed E-state index contributed by atoms with van der Waals surface area (Å²) in [5.41, 5.74) is 4.81. The van der Waals surface area contributed by atoms with Crippen molar-refractivity contribution >= 4 is 6.09 Å². The van der Waals surface area contributed by atoms with Crippen molar-refractivity contribution in [1.82, 2.24) is 15.3 Å². The van der Waals surface area contributed by atoms with E-state index in [1.165, 1.54) is 31.6 Å². The maximum Gasteiger partial charge on any atom is 0.421 e. The molecular formula is C20H25F3N4O3. The Morgan fingerprint density at radius 3 is 2.53 bits per heavy atom. The third-order valence-electron chi connectivity index (χ3n) is 4.04. The summed E-state index contributed by atoms with van der Waals surface area (Å²) in [6.07, 6.45) is -2.28. The summed E-state index contributed by atoms with van der Waals surface area (Å²) in [7, 11) is 1.37. The molecule has 10 heteroatoms. The van der Waals surface area contributed by atoms with Crippen molar-refractivity contribution in [3.63, 3.8) is 0 Å². The van der Waals surface area contributed by atoms with Crippen LogP contribution in [0, 0.1) is 5.92 Å². The number of alkyl halides is 3. The van der Waals surface area contributed by atoms with Gasteiger partial charge in [0.15, 0.2) is 0 Å². The van der Waals surface area contributed by atoms with Gasteiger partial charge in [-0.15, -0.1) is 0 Å². The highest BCUT2D eigenvalue weighted by Gasteiger charge is 2.36. The second kappa shape index (κ2) is 9.29. The lowest BCUT2D eigenvalue weighted by atomic mass is 9.93. The van der Waals surface area contributed by atoms with E-state index < -0.39 is 29.3 Å². The third kappa shape index (κ3) is 6.58. The Kier molecular flexibility index (Phi) is 7.25. The molecule has 0 fully saturated rings. The maximum atomic E-state index is 13.6. The number of carbonyl (C=O) groups excluding carboxylic acids is 1. The Morgan fingerprint density at radius 2 is 1.93 bits per heavy atom. The number of nitrogens with two attached hydrogens (primary N) is 1. The van der Waals surface area contributed by atoms with Crippen LogP contribution in [0.1, 0.15) is 32.8 Å². The Hall–Kier alpha value is -2.88. The minimum atomic E-state index is -4.68. The summed E-state index contributed by atoms with van der Waals surface area (Å²) >= 11 is 0. The van der Waals surface area contributed by atoms with E-state index in [4.69, 9.17) is 15.2 Å². The standard InChI is InChI=1S/C20H25F3N4O3/c1-12(2)9-19(3,24)11-29-17-15(20(21,22)23)7-14(10-27-17)13-5-6-26-16(8-13)30-18(28)25-4/h5-8,10,12H,9,11,24H2,1-4H3,(H,25,28)/t19-/m0/s1. The first-order chi connectivity index (χ1) is 13.9. The van der Waals surface area contributed by atoms with Gasteiger partial charge in [0.2, 0.25) is 11.8 Å². The number of amides is 1. The molecular weight excluding hydrogens is 401 g/mol. The topological polar surface area (TPSA) is 99.4 Å². The molecule has 164 valence electrons. The summed E-state index contributed by atoms with van der Waals surface area (Å²) in [4.78, 5) is 19.0. The fourth-order valence-corrected chi connectivity index (χ4v) is 2.94. The second-order valence-corrected chi connectivity index (χ2v) is 7.64. The first-order valence-corrected chi connectivity index (χ1v) is 9.26. The lowest BCUT2D eigenvalue weighted by Gasteiger charge is -2.27. The number of rotatable bonds is 7. The van der Waals surface area contributed by atoms with E-state index in [9.17, 15) is 18.0 Å². The van der Waals surface area contributed by atoms with Gasteiger partial charge >= 0.3 is 12.3 Å². The van der Waals surface area contributed by atoms with Crippen LogP contribution >= 0.6 is 0 Å². The fraction of sp³-hybridized carbons (Fsp3) is 0.450. The lowest BCUT2D eigenvalue weighted by Crippen LogP contribution is -2.43. The van der Waals surface area contributed by atoms with Gasteiger partial charge in [-0.1, -0.05) is 13.8 Å². The quantitative estimate of drug-likeness (QED) is 0.694. The molecule has 7 nitrogen and oxygen atoms in total. The predicted molar refractivity (Wildman–Crippen MR) is 105 cm³/mol. The predicted octanol–water partition coefficient (Wildman–Crippen LogP) is 4.02. The van der Waals surface area contributed by atoms with Crippen molar-refractivity contribution < 1.29 is 27.4 Å². The SMILES string of the molecule is CNC(=O)Oc1cc(-c2cnc(OC[C@@](C)(N)CC(C)C)c(C(F)(F)F)c2)ccn1. The number of pyridine rings is 2. The molecule has 0 aliphatic rings. The minimum absolute atomic E-state index is 0.0617. The van der Waals surface area contributed by atoms with Gasteiger partial charge in [0, 0.05) is 36.6 Å². The first-order valence-electron chi connectivity index (χ1n) is 9.26. The summed E-state index contributed by atoms with van der Waals surface area (Å²) in [5.74, 6) is -0.338. The van der Waals surface area contributed by atoms with Gasteiger partial charge in [-0.2, -0.15) is 13.2 Å². The van der Waals surface area contributed by atoms with Crippen LogP contribution in [0.25, 0.3) is 11.1 Å².